The van der Waals surface area contributed by atoms with Crippen molar-refractivity contribution in [2.24, 2.45) is 5.92 Å². The highest BCUT2D eigenvalue weighted by Crippen LogP contribution is 2.31. The largest absolute Gasteiger partial charge is 0.355 e. The van der Waals surface area contributed by atoms with Crippen molar-refractivity contribution in [1.82, 2.24) is 4.98 Å². The third-order valence-electron chi connectivity index (χ3n) is 5.31. The highest BCUT2D eigenvalue weighted by molar-refractivity contribution is 7.17. The van der Waals surface area contributed by atoms with Crippen molar-refractivity contribution in [2.45, 2.75) is 26.7 Å². The van der Waals surface area contributed by atoms with Crippen LogP contribution in [0.15, 0.2) is 41.9 Å². The number of fused-ring (bicyclic) bond motifs is 1. The summed E-state index contributed by atoms with van der Waals surface area (Å²) < 4.78 is 1.25. The maximum atomic E-state index is 12.9. The van der Waals surface area contributed by atoms with E-state index in [1.165, 1.54) is 15.6 Å². The number of amides is 1. The molecule has 3 aromatic rings. The highest BCUT2D eigenvalue weighted by atomic mass is 32.1. The Labute approximate surface area is 157 Å². The Kier molecular flexibility index (Phi) is 4.64. The summed E-state index contributed by atoms with van der Waals surface area (Å²) in [4.78, 5) is 19.7. The maximum absolute atomic E-state index is 12.9. The first-order valence-electron chi connectivity index (χ1n) is 9.08. The molecule has 134 valence electrons. The summed E-state index contributed by atoms with van der Waals surface area (Å²) in [5.74, 6) is 1.10. The van der Waals surface area contributed by atoms with Gasteiger partial charge in [-0.25, -0.2) is 4.98 Å². The number of benzene rings is 1. The van der Waals surface area contributed by atoms with Gasteiger partial charge in [-0.15, -0.1) is 11.3 Å². The Morgan fingerprint density at radius 2 is 2.15 bits per heavy atom. The van der Waals surface area contributed by atoms with E-state index in [1.807, 2.05) is 18.3 Å². The molecule has 0 saturated carbocycles. The van der Waals surface area contributed by atoms with Crippen molar-refractivity contribution in [3.8, 4) is 0 Å². The Hall–Kier alpha value is -2.40. The molecular formula is C21H23N3OS. The molecule has 1 aliphatic rings. The third kappa shape index (κ3) is 3.19. The molecule has 0 aliphatic carbocycles. The van der Waals surface area contributed by atoms with Crippen molar-refractivity contribution >= 4 is 38.8 Å². The van der Waals surface area contributed by atoms with Crippen LogP contribution in [0.4, 0.5) is 11.5 Å². The van der Waals surface area contributed by atoms with Crippen molar-refractivity contribution in [1.29, 1.82) is 0 Å². The number of pyridine rings is 1. The molecule has 1 aromatic carbocycles. The van der Waals surface area contributed by atoms with Gasteiger partial charge < -0.3 is 10.2 Å². The van der Waals surface area contributed by atoms with E-state index in [0.717, 1.165) is 43.0 Å². The van der Waals surface area contributed by atoms with E-state index in [1.54, 1.807) is 11.3 Å². The van der Waals surface area contributed by atoms with Gasteiger partial charge in [0.25, 0.3) is 0 Å². The number of aryl methyl sites for hydroxylation is 1. The van der Waals surface area contributed by atoms with Crippen LogP contribution in [0.5, 0.6) is 0 Å². The van der Waals surface area contributed by atoms with Crippen LogP contribution >= 0.6 is 11.3 Å². The second-order valence-electron chi connectivity index (χ2n) is 6.99. The molecule has 1 saturated heterocycles. The lowest BCUT2D eigenvalue weighted by Gasteiger charge is -2.33. The molecule has 1 amide bonds. The Bertz CT molecular complexity index is 949. The molecule has 26 heavy (non-hydrogen) atoms. The summed E-state index contributed by atoms with van der Waals surface area (Å²) in [6.45, 7) is 5.80. The van der Waals surface area contributed by atoms with Crippen LogP contribution in [0.1, 0.15) is 24.0 Å². The van der Waals surface area contributed by atoms with E-state index in [2.05, 4.69) is 52.6 Å². The lowest BCUT2D eigenvalue weighted by Crippen LogP contribution is -2.41. The first-order chi connectivity index (χ1) is 12.6. The van der Waals surface area contributed by atoms with E-state index in [-0.39, 0.29) is 11.8 Å². The minimum absolute atomic E-state index is 0.0145. The van der Waals surface area contributed by atoms with Gasteiger partial charge in [0.1, 0.15) is 5.82 Å². The lowest BCUT2D eigenvalue weighted by molar-refractivity contribution is -0.120. The number of nitrogens with one attached hydrogen (secondary N) is 1. The van der Waals surface area contributed by atoms with Gasteiger partial charge in [-0.05, 0) is 61.4 Å². The predicted molar refractivity (Wildman–Crippen MR) is 109 cm³/mol. The number of nitrogens with zero attached hydrogens (tertiary/aromatic N) is 2. The monoisotopic (exact) mass is 365 g/mol. The molecular weight excluding hydrogens is 342 g/mol. The Balaban J connectivity index is 1.52. The van der Waals surface area contributed by atoms with Gasteiger partial charge in [-0.3, -0.25) is 4.79 Å². The Morgan fingerprint density at radius 3 is 3.04 bits per heavy atom. The van der Waals surface area contributed by atoms with Gasteiger partial charge in [0, 0.05) is 35.1 Å². The zero-order chi connectivity index (χ0) is 18.1. The second-order valence-corrected chi connectivity index (χ2v) is 7.94. The number of rotatable bonds is 3. The van der Waals surface area contributed by atoms with Crippen molar-refractivity contribution in [3.05, 3.63) is 53.0 Å². The van der Waals surface area contributed by atoms with Crippen LogP contribution in [-0.4, -0.2) is 24.0 Å². The van der Waals surface area contributed by atoms with Crippen LogP contribution in [0.3, 0.4) is 0 Å². The molecule has 4 nitrogen and oxygen atoms in total. The summed E-state index contributed by atoms with van der Waals surface area (Å²) in [5.41, 5.74) is 3.25. The molecule has 3 heterocycles. The minimum atomic E-state index is -0.0145. The topological polar surface area (TPSA) is 45.2 Å². The van der Waals surface area contributed by atoms with Gasteiger partial charge in [0.05, 0.1) is 5.92 Å². The van der Waals surface area contributed by atoms with Gasteiger partial charge in [0.15, 0.2) is 0 Å². The molecule has 1 N–H and O–H groups in total. The summed E-state index contributed by atoms with van der Waals surface area (Å²) in [6, 6.07) is 10.2. The molecule has 2 aromatic heterocycles. The number of aromatic nitrogens is 1. The molecule has 0 unspecified atom stereocenters. The van der Waals surface area contributed by atoms with Crippen LogP contribution < -0.4 is 10.2 Å². The third-order valence-corrected chi connectivity index (χ3v) is 6.20. The average Bonchev–Trinajstić information content (AvgIpc) is 3.14. The SMILES string of the molecule is Cc1cccc(NC(=O)[C@@H]2CCCN(c3nccc4sccc34)C2)c1C. The molecule has 0 bridgehead atoms. The van der Waals surface area contributed by atoms with Gasteiger partial charge >= 0.3 is 0 Å². The molecule has 1 fully saturated rings. The lowest BCUT2D eigenvalue weighted by atomic mass is 9.96. The number of anilines is 2. The number of piperidine rings is 1. The van der Waals surface area contributed by atoms with Crippen molar-refractivity contribution in [3.63, 3.8) is 0 Å². The summed E-state index contributed by atoms with van der Waals surface area (Å²) in [6.07, 6.45) is 3.80. The fourth-order valence-electron chi connectivity index (χ4n) is 3.64. The molecule has 1 aliphatic heterocycles. The number of carbonyl (C=O) groups is 1. The Morgan fingerprint density at radius 1 is 1.27 bits per heavy atom. The van der Waals surface area contributed by atoms with E-state index >= 15 is 0 Å². The smallest absolute Gasteiger partial charge is 0.229 e. The van der Waals surface area contributed by atoms with Crippen molar-refractivity contribution < 1.29 is 4.79 Å². The number of thiophene rings is 1. The van der Waals surface area contributed by atoms with Crippen molar-refractivity contribution in [2.75, 3.05) is 23.3 Å². The van der Waals surface area contributed by atoms with E-state index < -0.39 is 0 Å². The predicted octanol–water partition coefficient (Wildman–Crippen LogP) is 4.77. The number of carbonyl (C=O) groups excluding carboxylic acids is 1. The maximum Gasteiger partial charge on any atom is 0.229 e. The summed E-state index contributed by atoms with van der Waals surface area (Å²) in [5, 5.41) is 6.43. The zero-order valence-corrected chi connectivity index (χ0v) is 16.0. The van der Waals surface area contributed by atoms with E-state index in [0.29, 0.717) is 0 Å². The highest BCUT2D eigenvalue weighted by Gasteiger charge is 2.27. The van der Waals surface area contributed by atoms with E-state index in [4.69, 9.17) is 0 Å². The first kappa shape index (κ1) is 17.0. The normalized spacial score (nSPS) is 17.5. The summed E-state index contributed by atoms with van der Waals surface area (Å²) >= 11 is 1.73. The van der Waals surface area contributed by atoms with Gasteiger partial charge in [-0.1, -0.05) is 12.1 Å². The first-order valence-corrected chi connectivity index (χ1v) is 9.95. The van der Waals surface area contributed by atoms with Crippen LogP contribution in [0.25, 0.3) is 10.1 Å². The molecule has 0 radical (unpaired) electrons. The fourth-order valence-corrected chi connectivity index (χ4v) is 4.41. The minimum Gasteiger partial charge on any atom is -0.355 e. The standard InChI is InChI=1S/C21H23N3OS/c1-14-5-3-7-18(15(14)2)23-21(25)16-6-4-11-24(13-16)20-17-9-12-26-19(17)8-10-22-20/h3,5,7-10,12,16H,4,6,11,13H2,1-2H3,(H,23,25)/t16-/m1/s1. The number of hydrogen-bond donors (Lipinski definition) is 1. The molecule has 0 spiro atoms. The molecule has 5 heteroatoms. The van der Waals surface area contributed by atoms with Crippen LogP contribution in [0, 0.1) is 19.8 Å². The van der Waals surface area contributed by atoms with Gasteiger partial charge in [-0.2, -0.15) is 0 Å². The second kappa shape index (κ2) is 7.08. The average molecular weight is 366 g/mol. The zero-order valence-electron chi connectivity index (χ0n) is 15.2. The van der Waals surface area contributed by atoms with Gasteiger partial charge in [0.2, 0.25) is 5.91 Å². The molecule has 4 rings (SSSR count). The van der Waals surface area contributed by atoms with Crippen LogP contribution in [0.2, 0.25) is 0 Å². The van der Waals surface area contributed by atoms with E-state index in [9.17, 15) is 4.79 Å². The summed E-state index contributed by atoms with van der Waals surface area (Å²) in [7, 11) is 0. The number of hydrogen-bond acceptors (Lipinski definition) is 4. The van der Waals surface area contributed by atoms with Crippen LogP contribution in [-0.2, 0) is 4.79 Å². The molecule has 1 atom stereocenters. The quantitative estimate of drug-likeness (QED) is 0.727. The fraction of sp³-hybridized carbons (Fsp3) is 0.333.